The smallest absolute Gasteiger partial charge is 0.202 e. The van der Waals surface area contributed by atoms with Gasteiger partial charge in [0.1, 0.15) is 0 Å². The van der Waals surface area contributed by atoms with E-state index in [1.165, 1.54) is 0 Å². The molecule has 0 fully saturated rings. The average molecular weight is 229 g/mol. The van der Waals surface area contributed by atoms with E-state index in [0.717, 1.165) is 24.6 Å². The van der Waals surface area contributed by atoms with Crippen LogP contribution in [0.4, 0.5) is 5.95 Å². The number of anilines is 1. The van der Waals surface area contributed by atoms with Crippen molar-refractivity contribution in [2.24, 2.45) is 7.05 Å². The van der Waals surface area contributed by atoms with Gasteiger partial charge in [-0.05, 0) is 13.3 Å². The van der Waals surface area contributed by atoms with Crippen LogP contribution in [0, 0.1) is 6.92 Å². The van der Waals surface area contributed by atoms with Crippen molar-refractivity contribution < 1.29 is 4.21 Å². The summed E-state index contributed by atoms with van der Waals surface area (Å²) in [6.07, 6.45) is 4.62. The third kappa shape index (κ3) is 3.66. The Morgan fingerprint density at radius 3 is 2.80 bits per heavy atom. The molecule has 0 aliphatic rings. The molecular weight excluding hydrogens is 210 g/mol. The zero-order valence-corrected chi connectivity index (χ0v) is 10.6. The van der Waals surface area contributed by atoms with Gasteiger partial charge >= 0.3 is 0 Å². The lowest BCUT2D eigenvalue weighted by Crippen LogP contribution is -2.16. The number of hydrogen-bond acceptors (Lipinski definition) is 3. The summed E-state index contributed by atoms with van der Waals surface area (Å²) in [5, 5.41) is 3.47. The summed E-state index contributed by atoms with van der Waals surface area (Å²) in [4.78, 5) is 4.33. The van der Waals surface area contributed by atoms with Crippen LogP contribution in [0.2, 0.25) is 0 Å². The number of nitrogens with zero attached hydrogens (tertiary/aromatic N) is 2. The Balaban J connectivity index is 2.38. The maximum absolute atomic E-state index is 11.1. The second-order valence-electron chi connectivity index (χ2n) is 3.84. The van der Waals surface area contributed by atoms with E-state index < -0.39 is 10.8 Å². The van der Waals surface area contributed by atoms with Gasteiger partial charge in [-0.1, -0.05) is 6.92 Å². The molecule has 4 nitrogen and oxygen atoms in total. The second kappa shape index (κ2) is 5.30. The Bertz CT molecular complexity index is 348. The fraction of sp³-hybridized carbons (Fsp3) is 0.700. The highest BCUT2D eigenvalue weighted by Crippen LogP contribution is 2.06. The molecule has 0 spiro atoms. The SMILES string of the molecule is Cc1cn(C)c(NCCC(C)S(C)=O)n1. The minimum atomic E-state index is -0.736. The van der Waals surface area contributed by atoms with Crippen LogP contribution in [0.5, 0.6) is 0 Å². The molecule has 1 N–H and O–H groups in total. The highest BCUT2D eigenvalue weighted by atomic mass is 32.2. The first-order valence-electron chi connectivity index (χ1n) is 5.06. The molecule has 0 amide bonds. The summed E-state index contributed by atoms with van der Waals surface area (Å²) in [6.45, 7) is 4.78. The van der Waals surface area contributed by atoms with Crippen LogP contribution in [-0.2, 0) is 17.8 Å². The fourth-order valence-corrected chi connectivity index (χ4v) is 1.78. The van der Waals surface area contributed by atoms with Gasteiger partial charge in [-0.2, -0.15) is 0 Å². The van der Waals surface area contributed by atoms with Crippen molar-refractivity contribution in [2.75, 3.05) is 18.1 Å². The lowest BCUT2D eigenvalue weighted by Gasteiger charge is -2.09. The van der Waals surface area contributed by atoms with Crippen LogP contribution in [-0.4, -0.2) is 31.8 Å². The first-order valence-corrected chi connectivity index (χ1v) is 6.69. The topological polar surface area (TPSA) is 46.9 Å². The molecule has 0 aliphatic heterocycles. The monoisotopic (exact) mass is 229 g/mol. The summed E-state index contributed by atoms with van der Waals surface area (Å²) in [7, 11) is 1.23. The lowest BCUT2D eigenvalue weighted by atomic mass is 10.3. The molecule has 1 aromatic rings. The van der Waals surface area contributed by atoms with Gasteiger partial charge in [0.05, 0.1) is 5.69 Å². The Hall–Kier alpha value is -0.840. The normalized spacial score (nSPS) is 14.9. The summed E-state index contributed by atoms with van der Waals surface area (Å²) >= 11 is 0. The maximum Gasteiger partial charge on any atom is 0.202 e. The van der Waals surface area contributed by atoms with Gasteiger partial charge in [0.2, 0.25) is 5.95 Å². The molecule has 0 saturated heterocycles. The van der Waals surface area contributed by atoms with Crippen LogP contribution >= 0.6 is 0 Å². The van der Waals surface area contributed by atoms with E-state index in [0.29, 0.717) is 0 Å². The third-order valence-electron chi connectivity index (χ3n) is 2.40. The molecular formula is C10H19N3OS. The summed E-state index contributed by atoms with van der Waals surface area (Å²) < 4.78 is 13.1. The van der Waals surface area contributed by atoms with E-state index in [9.17, 15) is 4.21 Å². The highest BCUT2D eigenvalue weighted by molar-refractivity contribution is 7.84. The van der Waals surface area contributed by atoms with Crippen molar-refractivity contribution in [3.63, 3.8) is 0 Å². The van der Waals surface area contributed by atoms with Gasteiger partial charge < -0.3 is 9.88 Å². The first-order chi connectivity index (χ1) is 7.00. The van der Waals surface area contributed by atoms with E-state index in [1.54, 1.807) is 6.26 Å². The number of hydrogen-bond donors (Lipinski definition) is 1. The number of aromatic nitrogens is 2. The molecule has 0 saturated carbocycles. The fourth-order valence-electron chi connectivity index (χ4n) is 1.33. The zero-order chi connectivity index (χ0) is 11.4. The second-order valence-corrected chi connectivity index (χ2v) is 5.64. The Morgan fingerprint density at radius 1 is 1.67 bits per heavy atom. The van der Waals surface area contributed by atoms with Gasteiger partial charge in [-0.3, -0.25) is 4.21 Å². The van der Waals surface area contributed by atoms with Gasteiger partial charge in [-0.15, -0.1) is 0 Å². The molecule has 0 radical (unpaired) electrons. The van der Waals surface area contributed by atoms with Gasteiger partial charge in [0, 0.05) is 42.1 Å². The molecule has 5 heteroatoms. The first kappa shape index (κ1) is 12.2. The Morgan fingerprint density at radius 2 is 2.33 bits per heavy atom. The van der Waals surface area contributed by atoms with Crippen LogP contribution in [0.3, 0.4) is 0 Å². The van der Waals surface area contributed by atoms with Crippen molar-refractivity contribution in [1.29, 1.82) is 0 Å². The number of nitrogens with one attached hydrogen (secondary N) is 1. The summed E-state index contributed by atoms with van der Waals surface area (Å²) in [6, 6.07) is 0. The minimum absolute atomic E-state index is 0.235. The highest BCUT2D eigenvalue weighted by Gasteiger charge is 2.06. The maximum atomic E-state index is 11.1. The van der Waals surface area contributed by atoms with Crippen LogP contribution < -0.4 is 5.32 Å². The Labute approximate surface area is 93.5 Å². The average Bonchev–Trinajstić information content (AvgIpc) is 2.45. The zero-order valence-electron chi connectivity index (χ0n) is 9.78. The molecule has 86 valence electrons. The largest absolute Gasteiger partial charge is 0.356 e. The van der Waals surface area contributed by atoms with Gasteiger partial charge in [-0.25, -0.2) is 4.98 Å². The van der Waals surface area contributed by atoms with E-state index in [1.807, 2.05) is 31.7 Å². The lowest BCUT2D eigenvalue weighted by molar-refractivity contribution is 0.672. The number of imidazole rings is 1. The minimum Gasteiger partial charge on any atom is -0.356 e. The third-order valence-corrected chi connectivity index (χ3v) is 3.77. The van der Waals surface area contributed by atoms with Crippen LogP contribution in [0.25, 0.3) is 0 Å². The van der Waals surface area contributed by atoms with Gasteiger partial charge in [0.15, 0.2) is 0 Å². The summed E-state index contributed by atoms with van der Waals surface area (Å²) in [5.41, 5.74) is 1.01. The predicted octanol–water partition coefficient (Wildman–Crippen LogP) is 1.30. The molecule has 1 rings (SSSR count). The molecule has 15 heavy (non-hydrogen) atoms. The van der Waals surface area contributed by atoms with Crippen molar-refractivity contribution in [3.05, 3.63) is 11.9 Å². The van der Waals surface area contributed by atoms with Gasteiger partial charge in [0.25, 0.3) is 0 Å². The Kier molecular flexibility index (Phi) is 4.32. The molecule has 2 unspecified atom stereocenters. The van der Waals surface area contributed by atoms with E-state index in [-0.39, 0.29) is 5.25 Å². The molecule has 0 aromatic carbocycles. The van der Waals surface area contributed by atoms with E-state index >= 15 is 0 Å². The molecule has 0 aliphatic carbocycles. The van der Waals surface area contributed by atoms with Crippen molar-refractivity contribution in [2.45, 2.75) is 25.5 Å². The number of rotatable bonds is 5. The predicted molar refractivity (Wildman–Crippen MR) is 64.6 cm³/mol. The van der Waals surface area contributed by atoms with Crippen molar-refractivity contribution in [1.82, 2.24) is 9.55 Å². The van der Waals surface area contributed by atoms with Crippen molar-refractivity contribution in [3.8, 4) is 0 Å². The van der Waals surface area contributed by atoms with Crippen LogP contribution in [0.1, 0.15) is 19.0 Å². The molecule has 2 atom stereocenters. The molecule has 1 aromatic heterocycles. The molecule has 1 heterocycles. The summed E-state index contributed by atoms with van der Waals surface area (Å²) in [5.74, 6) is 0.876. The van der Waals surface area contributed by atoms with E-state index in [2.05, 4.69) is 10.3 Å². The van der Waals surface area contributed by atoms with Crippen molar-refractivity contribution >= 4 is 16.7 Å². The standard InChI is InChI=1S/C10H19N3OS/c1-8-7-13(3)10(12-8)11-6-5-9(2)15(4)14/h7,9H,5-6H2,1-4H3,(H,11,12). The molecule has 0 bridgehead atoms. The van der Waals surface area contributed by atoms with E-state index in [4.69, 9.17) is 0 Å². The number of aryl methyl sites for hydroxylation is 2. The quantitative estimate of drug-likeness (QED) is 0.828. The van der Waals surface area contributed by atoms with Crippen LogP contribution in [0.15, 0.2) is 6.20 Å².